The van der Waals surface area contributed by atoms with Gasteiger partial charge in [0.2, 0.25) is 0 Å². The van der Waals surface area contributed by atoms with E-state index < -0.39 is 11.7 Å². The van der Waals surface area contributed by atoms with Crippen molar-refractivity contribution >= 4 is 16.6 Å². The van der Waals surface area contributed by atoms with E-state index in [0.717, 1.165) is 19.2 Å². The lowest BCUT2D eigenvalue weighted by Crippen LogP contribution is -2.32. The number of benzene rings is 2. The van der Waals surface area contributed by atoms with Crippen LogP contribution in [0.15, 0.2) is 36.4 Å². The fourth-order valence-corrected chi connectivity index (χ4v) is 3.01. The predicted octanol–water partition coefficient (Wildman–Crippen LogP) is 4.04. The van der Waals surface area contributed by atoms with E-state index in [1.54, 1.807) is 24.3 Å². The maximum Gasteiger partial charge on any atom is 0.417 e. The van der Waals surface area contributed by atoms with Crippen LogP contribution in [0.25, 0.3) is 10.8 Å². The lowest BCUT2D eigenvalue weighted by molar-refractivity contribution is -0.136. The van der Waals surface area contributed by atoms with E-state index in [9.17, 15) is 18.0 Å². The van der Waals surface area contributed by atoms with Crippen molar-refractivity contribution in [1.29, 1.82) is 0 Å². The minimum atomic E-state index is -4.47. The maximum atomic E-state index is 13.3. The second-order valence-corrected chi connectivity index (χ2v) is 5.63. The third-order valence-electron chi connectivity index (χ3n) is 4.16. The SMILES string of the molecule is O=C(c1cc(C(F)(F)F)c2ccccc2c1)C1CCNCC1. The quantitative estimate of drug-likeness (QED) is 0.848. The smallest absolute Gasteiger partial charge is 0.317 e. The van der Waals surface area contributed by atoms with Gasteiger partial charge in [-0.15, -0.1) is 0 Å². The predicted molar refractivity (Wildman–Crippen MR) is 78.9 cm³/mol. The first-order chi connectivity index (χ1) is 10.5. The molecule has 0 radical (unpaired) electrons. The zero-order valence-electron chi connectivity index (χ0n) is 11.9. The molecule has 5 heteroatoms. The first kappa shape index (κ1) is 15.0. The molecule has 1 N–H and O–H groups in total. The van der Waals surface area contributed by atoms with E-state index in [-0.39, 0.29) is 22.7 Å². The van der Waals surface area contributed by atoms with Gasteiger partial charge in [0.15, 0.2) is 5.78 Å². The van der Waals surface area contributed by atoms with Gasteiger partial charge in [-0.1, -0.05) is 24.3 Å². The van der Waals surface area contributed by atoms with Crippen LogP contribution >= 0.6 is 0 Å². The van der Waals surface area contributed by atoms with Crippen molar-refractivity contribution in [2.75, 3.05) is 13.1 Å². The Labute approximate surface area is 126 Å². The average molecular weight is 307 g/mol. The van der Waals surface area contributed by atoms with E-state index in [1.807, 2.05) is 0 Å². The Morgan fingerprint density at radius 3 is 2.45 bits per heavy atom. The normalized spacial score (nSPS) is 16.9. The number of fused-ring (bicyclic) bond motifs is 1. The van der Waals surface area contributed by atoms with Gasteiger partial charge in [0, 0.05) is 11.5 Å². The number of piperidine rings is 1. The second kappa shape index (κ2) is 5.72. The van der Waals surface area contributed by atoms with Crippen LogP contribution < -0.4 is 5.32 Å². The Morgan fingerprint density at radius 1 is 1.09 bits per heavy atom. The van der Waals surface area contributed by atoms with Gasteiger partial charge in [0.1, 0.15) is 0 Å². The van der Waals surface area contributed by atoms with Crippen LogP contribution in [0.5, 0.6) is 0 Å². The average Bonchev–Trinajstić information content (AvgIpc) is 2.53. The summed E-state index contributed by atoms with van der Waals surface area (Å²) in [5, 5.41) is 3.74. The van der Waals surface area contributed by atoms with Crippen LogP contribution in [-0.4, -0.2) is 18.9 Å². The van der Waals surface area contributed by atoms with Crippen molar-refractivity contribution in [3.8, 4) is 0 Å². The molecule has 0 atom stereocenters. The van der Waals surface area contributed by atoms with Gasteiger partial charge in [0.25, 0.3) is 0 Å². The van der Waals surface area contributed by atoms with Crippen LogP contribution in [0.1, 0.15) is 28.8 Å². The van der Waals surface area contributed by atoms with Crippen molar-refractivity contribution in [3.63, 3.8) is 0 Å². The van der Waals surface area contributed by atoms with Gasteiger partial charge in [0.05, 0.1) is 5.56 Å². The molecule has 0 spiro atoms. The largest absolute Gasteiger partial charge is 0.417 e. The van der Waals surface area contributed by atoms with E-state index in [4.69, 9.17) is 0 Å². The molecule has 0 aromatic heterocycles. The monoisotopic (exact) mass is 307 g/mol. The van der Waals surface area contributed by atoms with Crippen molar-refractivity contribution in [1.82, 2.24) is 5.32 Å². The molecule has 1 saturated heterocycles. The Morgan fingerprint density at radius 2 is 1.77 bits per heavy atom. The van der Waals surface area contributed by atoms with Crippen LogP contribution in [0.4, 0.5) is 13.2 Å². The summed E-state index contributed by atoms with van der Waals surface area (Å²) in [4.78, 5) is 12.5. The zero-order chi connectivity index (χ0) is 15.7. The first-order valence-electron chi connectivity index (χ1n) is 7.32. The molecular formula is C17H16F3NO. The summed E-state index contributed by atoms with van der Waals surface area (Å²) in [5.74, 6) is -0.374. The summed E-state index contributed by atoms with van der Waals surface area (Å²) < 4.78 is 39.8. The van der Waals surface area contributed by atoms with Crippen molar-refractivity contribution < 1.29 is 18.0 Å². The Balaban J connectivity index is 2.08. The molecule has 0 amide bonds. The maximum absolute atomic E-state index is 13.3. The number of carbonyl (C=O) groups excluding carboxylic acids is 1. The van der Waals surface area contributed by atoms with E-state index >= 15 is 0 Å². The molecule has 2 nitrogen and oxygen atoms in total. The van der Waals surface area contributed by atoms with E-state index in [2.05, 4.69) is 5.32 Å². The summed E-state index contributed by atoms with van der Waals surface area (Å²) >= 11 is 0. The Bertz CT molecular complexity index is 703. The number of hydrogen-bond donors (Lipinski definition) is 1. The van der Waals surface area contributed by atoms with Gasteiger partial charge < -0.3 is 5.32 Å². The van der Waals surface area contributed by atoms with Crippen molar-refractivity contribution in [3.05, 3.63) is 47.5 Å². The summed E-state index contributed by atoms with van der Waals surface area (Å²) in [7, 11) is 0. The van der Waals surface area contributed by atoms with Gasteiger partial charge in [-0.05, 0) is 48.8 Å². The van der Waals surface area contributed by atoms with E-state index in [0.29, 0.717) is 18.2 Å². The number of alkyl halides is 3. The van der Waals surface area contributed by atoms with Gasteiger partial charge in [-0.2, -0.15) is 13.2 Å². The molecular weight excluding hydrogens is 291 g/mol. The van der Waals surface area contributed by atoms with Crippen molar-refractivity contribution in [2.24, 2.45) is 5.92 Å². The molecule has 0 saturated carbocycles. The molecule has 1 fully saturated rings. The summed E-state index contributed by atoms with van der Waals surface area (Å²) in [6.45, 7) is 1.46. The molecule has 1 heterocycles. The second-order valence-electron chi connectivity index (χ2n) is 5.63. The number of halogens is 3. The third-order valence-corrected chi connectivity index (χ3v) is 4.16. The highest BCUT2D eigenvalue weighted by Crippen LogP contribution is 2.36. The van der Waals surface area contributed by atoms with Gasteiger partial charge >= 0.3 is 6.18 Å². The van der Waals surface area contributed by atoms with Crippen LogP contribution in [0.2, 0.25) is 0 Å². The molecule has 0 bridgehead atoms. The topological polar surface area (TPSA) is 29.1 Å². The lowest BCUT2D eigenvalue weighted by Gasteiger charge is -2.22. The minimum absolute atomic E-state index is 0.136. The lowest BCUT2D eigenvalue weighted by atomic mass is 9.88. The highest BCUT2D eigenvalue weighted by molar-refractivity contribution is 6.02. The number of Topliss-reactive ketones (excluding diaryl/α,β-unsaturated/α-hetero) is 1. The number of nitrogens with one attached hydrogen (secondary N) is 1. The molecule has 2 aromatic carbocycles. The molecule has 1 aliphatic rings. The highest BCUT2D eigenvalue weighted by atomic mass is 19.4. The Hall–Kier alpha value is -1.88. The molecule has 116 valence electrons. The fraction of sp³-hybridized carbons (Fsp3) is 0.353. The fourth-order valence-electron chi connectivity index (χ4n) is 3.01. The Kier molecular flexibility index (Phi) is 3.91. The molecule has 22 heavy (non-hydrogen) atoms. The molecule has 2 aromatic rings. The summed E-state index contributed by atoms with van der Waals surface area (Å²) in [6, 6.07) is 8.90. The van der Waals surface area contributed by atoms with Gasteiger partial charge in [-0.3, -0.25) is 4.79 Å². The number of rotatable bonds is 2. The van der Waals surface area contributed by atoms with Gasteiger partial charge in [-0.25, -0.2) is 0 Å². The molecule has 0 aliphatic carbocycles. The van der Waals surface area contributed by atoms with Crippen molar-refractivity contribution in [2.45, 2.75) is 19.0 Å². The molecule has 1 aliphatic heterocycles. The van der Waals surface area contributed by atoms with Crippen LogP contribution in [0.3, 0.4) is 0 Å². The standard InChI is InChI=1S/C17H16F3NO/c18-17(19,20)15-10-13(9-12-3-1-2-4-14(12)15)16(22)11-5-7-21-8-6-11/h1-4,9-11,21H,5-8H2. The third kappa shape index (κ3) is 2.86. The first-order valence-corrected chi connectivity index (χ1v) is 7.32. The molecule has 0 unspecified atom stereocenters. The van der Waals surface area contributed by atoms with Crippen LogP contribution in [0, 0.1) is 5.92 Å². The number of ketones is 1. The zero-order valence-corrected chi connectivity index (χ0v) is 11.9. The minimum Gasteiger partial charge on any atom is -0.317 e. The number of carbonyl (C=O) groups is 1. The number of hydrogen-bond acceptors (Lipinski definition) is 2. The molecule has 3 rings (SSSR count). The van der Waals surface area contributed by atoms with E-state index in [1.165, 1.54) is 6.07 Å². The van der Waals surface area contributed by atoms with Crippen LogP contribution in [-0.2, 0) is 6.18 Å². The highest BCUT2D eigenvalue weighted by Gasteiger charge is 2.34. The summed E-state index contributed by atoms with van der Waals surface area (Å²) in [6.07, 6.45) is -3.12. The summed E-state index contributed by atoms with van der Waals surface area (Å²) in [5.41, 5.74) is -0.569.